The molecule has 0 amide bonds. The van der Waals surface area contributed by atoms with Crippen LogP contribution >= 0.6 is 23.2 Å². The molecule has 7 heteroatoms. The van der Waals surface area contributed by atoms with E-state index in [1.54, 1.807) is 42.5 Å². The topological polar surface area (TPSA) is 65.5 Å². The Kier molecular flexibility index (Phi) is 4.86. The molecule has 0 radical (unpaired) electrons. The summed E-state index contributed by atoms with van der Waals surface area (Å²) in [7, 11) is 0. The fraction of sp³-hybridized carbons (Fsp3) is 0. The predicted octanol–water partition coefficient (Wildman–Crippen LogP) is 5.22. The second kappa shape index (κ2) is 7.46. The summed E-state index contributed by atoms with van der Waals surface area (Å²) >= 11 is 12.0. The number of halogens is 2. The first-order chi connectivity index (χ1) is 13.5. The highest BCUT2D eigenvalue weighted by atomic mass is 35.5. The van der Waals surface area contributed by atoms with Gasteiger partial charge in [0.15, 0.2) is 5.76 Å². The number of benzene rings is 2. The average molecular weight is 412 g/mol. The van der Waals surface area contributed by atoms with E-state index in [1.807, 2.05) is 0 Å². The van der Waals surface area contributed by atoms with Crippen LogP contribution in [-0.2, 0) is 0 Å². The molecule has 1 aliphatic rings. The highest BCUT2D eigenvalue weighted by Gasteiger charge is 2.28. The van der Waals surface area contributed by atoms with Crippen molar-refractivity contribution in [2.24, 2.45) is 0 Å². The first-order valence-corrected chi connectivity index (χ1v) is 8.92. The first-order valence-electron chi connectivity index (χ1n) is 8.17. The average Bonchev–Trinajstić information content (AvgIpc) is 2.99. The molecule has 28 heavy (non-hydrogen) atoms. The van der Waals surface area contributed by atoms with Crippen LogP contribution in [0.1, 0.15) is 26.3 Å². The zero-order valence-corrected chi connectivity index (χ0v) is 15.7. The lowest BCUT2D eigenvalue weighted by Crippen LogP contribution is -2.08. The minimum Gasteiger partial charge on any atom is -0.452 e. The van der Waals surface area contributed by atoms with Gasteiger partial charge >= 0.3 is 5.97 Å². The quantitative estimate of drug-likeness (QED) is 0.335. The van der Waals surface area contributed by atoms with Gasteiger partial charge in [-0.2, -0.15) is 0 Å². The molecule has 0 N–H and O–H groups in total. The molecule has 4 rings (SSSR count). The Balaban J connectivity index is 1.57. The minimum atomic E-state index is -0.532. The van der Waals surface area contributed by atoms with Crippen molar-refractivity contribution >= 4 is 41.0 Å². The monoisotopic (exact) mass is 411 g/mol. The molecule has 0 unspecified atom stereocenters. The molecule has 0 atom stereocenters. The Hall–Kier alpha value is -3.15. The number of carbonyl (C=O) groups is 2. The van der Waals surface area contributed by atoms with Crippen molar-refractivity contribution < 1.29 is 19.1 Å². The predicted molar refractivity (Wildman–Crippen MR) is 105 cm³/mol. The zero-order chi connectivity index (χ0) is 19.7. The maximum atomic E-state index is 12.6. The number of hydrogen-bond acceptors (Lipinski definition) is 5. The maximum absolute atomic E-state index is 12.6. The molecule has 1 aromatic heterocycles. The van der Waals surface area contributed by atoms with Crippen LogP contribution < -0.4 is 9.47 Å². The van der Waals surface area contributed by atoms with Crippen molar-refractivity contribution in [3.05, 3.63) is 93.4 Å². The molecule has 0 bridgehead atoms. The number of pyridine rings is 1. The molecule has 2 aromatic carbocycles. The maximum Gasteiger partial charge on any atom is 0.343 e. The van der Waals surface area contributed by atoms with E-state index in [1.165, 1.54) is 24.5 Å². The number of hydrogen-bond donors (Lipinski definition) is 0. The van der Waals surface area contributed by atoms with E-state index in [0.717, 1.165) is 0 Å². The van der Waals surface area contributed by atoms with Gasteiger partial charge in [-0.15, -0.1) is 0 Å². The first kappa shape index (κ1) is 18.2. The molecule has 5 nitrogen and oxygen atoms in total. The van der Waals surface area contributed by atoms with Gasteiger partial charge in [0.05, 0.1) is 11.1 Å². The smallest absolute Gasteiger partial charge is 0.343 e. The molecule has 0 spiro atoms. The minimum absolute atomic E-state index is 0.122. The lowest BCUT2D eigenvalue weighted by atomic mass is 10.1. The number of aromatic nitrogens is 1. The number of esters is 1. The molecular weight excluding hydrogens is 401 g/mol. The Bertz CT molecular complexity index is 1130. The number of carbonyl (C=O) groups excluding carboxylic acids is 2. The largest absolute Gasteiger partial charge is 0.452 e. The molecule has 0 aliphatic carbocycles. The van der Waals surface area contributed by atoms with E-state index in [-0.39, 0.29) is 17.3 Å². The number of rotatable bonds is 3. The molecule has 0 saturated heterocycles. The van der Waals surface area contributed by atoms with Crippen molar-refractivity contribution in [1.29, 1.82) is 0 Å². The van der Waals surface area contributed by atoms with Crippen LogP contribution in [0.15, 0.2) is 66.7 Å². The third-order valence-corrected chi connectivity index (χ3v) is 4.58. The highest BCUT2D eigenvalue weighted by Crippen LogP contribution is 2.36. The van der Waals surface area contributed by atoms with Crippen LogP contribution in [0.4, 0.5) is 0 Å². The number of allylic oxidation sites excluding steroid dienone is 1. The molecule has 138 valence electrons. The molecule has 0 saturated carbocycles. The fourth-order valence-corrected chi connectivity index (χ4v) is 3.11. The Labute approximate surface area is 170 Å². The van der Waals surface area contributed by atoms with Crippen LogP contribution in [-0.4, -0.2) is 16.7 Å². The second-order valence-corrected chi connectivity index (χ2v) is 6.73. The Morgan fingerprint density at radius 2 is 1.82 bits per heavy atom. The SMILES string of the molecule is O=C(Oc1ccc2c(c1)O/C(=C\c1ccc(Cl)cc1Cl)C2=O)c1ccncc1. The van der Waals surface area contributed by atoms with Crippen molar-refractivity contribution in [2.75, 3.05) is 0 Å². The summed E-state index contributed by atoms with van der Waals surface area (Å²) < 4.78 is 11.0. The molecule has 3 aromatic rings. The van der Waals surface area contributed by atoms with Gasteiger partial charge in [0.25, 0.3) is 0 Å². The summed E-state index contributed by atoms with van der Waals surface area (Å²) in [5.41, 5.74) is 1.34. The van der Waals surface area contributed by atoms with Gasteiger partial charge in [0.2, 0.25) is 5.78 Å². The van der Waals surface area contributed by atoms with E-state index in [0.29, 0.717) is 32.5 Å². The van der Waals surface area contributed by atoms with Crippen LogP contribution in [0.3, 0.4) is 0 Å². The Morgan fingerprint density at radius 3 is 2.57 bits per heavy atom. The van der Waals surface area contributed by atoms with Crippen LogP contribution in [0.25, 0.3) is 6.08 Å². The summed E-state index contributed by atoms with van der Waals surface area (Å²) in [5, 5.41) is 0.897. The van der Waals surface area contributed by atoms with Gasteiger partial charge in [0.1, 0.15) is 11.5 Å². The molecule has 0 fully saturated rings. The van der Waals surface area contributed by atoms with Crippen LogP contribution in [0.2, 0.25) is 10.0 Å². The lowest BCUT2D eigenvalue weighted by molar-refractivity contribution is 0.0734. The molecule has 2 heterocycles. The van der Waals surface area contributed by atoms with Crippen molar-refractivity contribution in [3.8, 4) is 11.5 Å². The molecular formula is C21H11Cl2NO4. The van der Waals surface area contributed by atoms with E-state index in [9.17, 15) is 9.59 Å². The summed E-state index contributed by atoms with van der Waals surface area (Å²) in [6.45, 7) is 0. The summed E-state index contributed by atoms with van der Waals surface area (Å²) in [5.74, 6) is -0.124. The van der Waals surface area contributed by atoms with E-state index in [2.05, 4.69) is 4.98 Å². The van der Waals surface area contributed by atoms with E-state index in [4.69, 9.17) is 32.7 Å². The van der Waals surface area contributed by atoms with Gasteiger partial charge in [0, 0.05) is 28.5 Å². The highest BCUT2D eigenvalue weighted by molar-refractivity contribution is 6.35. The van der Waals surface area contributed by atoms with Crippen molar-refractivity contribution in [2.45, 2.75) is 0 Å². The number of nitrogens with zero attached hydrogens (tertiary/aromatic N) is 1. The lowest BCUT2D eigenvalue weighted by Gasteiger charge is -2.05. The third kappa shape index (κ3) is 3.63. The van der Waals surface area contributed by atoms with Crippen LogP contribution in [0, 0.1) is 0 Å². The number of Topliss-reactive ketones (excluding diaryl/α,β-unsaturated/α-hetero) is 1. The number of ketones is 1. The van der Waals surface area contributed by atoms with Gasteiger partial charge in [-0.3, -0.25) is 9.78 Å². The van der Waals surface area contributed by atoms with Crippen LogP contribution in [0.5, 0.6) is 11.5 Å². The second-order valence-electron chi connectivity index (χ2n) is 5.89. The molecule has 1 aliphatic heterocycles. The standard InChI is InChI=1S/C21H11Cl2NO4/c22-14-2-1-13(17(23)10-14)9-19-20(25)16-4-3-15(11-18(16)28-19)27-21(26)12-5-7-24-8-6-12/h1-11H/b19-9-. The third-order valence-electron chi connectivity index (χ3n) is 4.02. The summed E-state index contributed by atoms with van der Waals surface area (Å²) in [6.07, 6.45) is 4.55. The van der Waals surface area contributed by atoms with Gasteiger partial charge in [-0.05, 0) is 48.0 Å². The Morgan fingerprint density at radius 1 is 1.04 bits per heavy atom. The van der Waals surface area contributed by atoms with E-state index < -0.39 is 5.97 Å². The number of ether oxygens (including phenoxy) is 2. The van der Waals surface area contributed by atoms with Crippen molar-refractivity contribution in [1.82, 2.24) is 4.98 Å². The fourth-order valence-electron chi connectivity index (χ4n) is 2.64. The van der Waals surface area contributed by atoms with Gasteiger partial charge < -0.3 is 9.47 Å². The summed E-state index contributed by atoms with van der Waals surface area (Å²) in [6, 6.07) is 12.6. The normalized spacial score (nSPS) is 13.9. The number of fused-ring (bicyclic) bond motifs is 1. The zero-order valence-electron chi connectivity index (χ0n) is 14.2. The van der Waals surface area contributed by atoms with E-state index >= 15 is 0 Å². The van der Waals surface area contributed by atoms with Crippen molar-refractivity contribution in [3.63, 3.8) is 0 Å². The summed E-state index contributed by atoms with van der Waals surface area (Å²) in [4.78, 5) is 28.6. The van der Waals surface area contributed by atoms with Gasteiger partial charge in [-0.1, -0.05) is 29.3 Å². The van der Waals surface area contributed by atoms with Gasteiger partial charge in [-0.25, -0.2) is 4.79 Å².